The second-order valence-electron chi connectivity index (χ2n) is 3.70. The summed E-state index contributed by atoms with van der Waals surface area (Å²) in [6, 6.07) is 2.26. The number of hydrogen-bond acceptors (Lipinski definition) is 2. The molecule has 0 unspecified atom stereocenters. The standard InChI is InChI=1S/C11H12BrF3O2/c1-2-3-6-4-7(5-8(12)9(6)16)10(17)11(13,14)15/h4-5,10,16-17H,2-3H2,1H3/t10-/m1/s1. The van der Waals surface area contributed by atoms with E-state index in [4.69, 9.17) is 5.11 Å². The van der Waals surface area contributed by atoms with Gasteiger partial charge in [0.25, 0.3) is 0 Å². The zero-order chi connectivity index (χ0) is 13.2. The Hall–Kier alpha value is -0.750. The highest BCUT2D eigenvalue weighted by Gasteiger charge is 2.39. The van der Waals surface area contributed by atoms with Crippen LogP contribution in [0.3, 0.4) is 0 Å². The molecule has 1 atom stereocenters. The molecule has 6 heteroatoms. The number of aromatic hydroxyl groups is 1. The highest BCUT2D eigenvalue weighted by molar-refractivity contribution is 9.10. The van der Waals surface area contributed by atoms with Gasteiger partial charge < -0.3 is 10.2 Å². The van der Waals surface area contributed by atoms with Crippen LogP contribution in [0.1, 0.15) is 30.6 Å². The van der Waals surface area contributed by atoms with E-state index in [1.807, 2.05) is 6.92 Å². The topological polar surface area (TPSA) is 40.5 Å². The molecular formula is C11H12BrF3O2. The first-order chi connectivity index (χ1) is 7.77. The summed E-state index contributed by atoms with van der Waals surface area (Å²) in [6.45, 7) is 1.85. The molecule has 0 aliphatic rings. The van der Waals surface area contributed by atoms with Crippen molar-refractivity contribution in [2.24, 2.45) is 0 Å². The Morgan fingerprint density at radius 1 is 1.35 bits per heavy atom. The maximum absolute atomic E-state index is 12.4. The molecule has 0 heterocycles. The number of rotatable bonds is 3. The van der Waals surface area contributed by atoms with Crippen molar-refractivity contribution < 1.29 is 23.4 Å². The van der Waals surface area contributed by atoms with Crippen LogP contribution in [-0.2, 0) is 6.42 Å². The molecule has 0 fully saturated rings. The van der Waals surface area contributed by atoms with E-state index >= 15 is 0 Å². The molecule has 1 aromatic carbocycles. The fraction of sp³-hybridized carbons (Fsp3) is 0.455. The van der Waals surface area contributed by atoms with Gasteiger partial charge in [0.2, 0.25) is 0 Å². The maximum Gasteiger partial charge on any atom is 0.418 e. The molecule has 0 radical (unpaired) electrons. The molecule has 17 heavy (non-hydrogen) atoms. The SMILES string of the molecule is CCCc1cc([C@@H](O)C(F)(F)F)cc(Br)c1O. The van der Waals surface area contributed by atoms with Crippen LogP contribution >= 0.6 is 15.9 Å². The van der Waals surface area contributed by atoms with Gasteiger partial charge in [0.1, 0.15) is 5.75 Å². The molecule has 2 N–H and O–H groups in total. The number of phenolic OH excluding ortho intramolecular Hbond substituents is 1. The Morgan fingerprint density at radius 2 is 1.94 bits per heavy atom. The summed E-state index contributed by atoms with van der Waals surface area (Å²) in [5, 5.41) is 18.8. The number of alkyl halides is 3. The average Bonchev–Trinajstić information content (AvgIpc) is 2.22. The van der Waals surface area contributed by atoms with Gasteiger partial charge in [0, 0.05) is 0 Å². The lowest BCUT2D eigenvalue weighted by atomic mass is 10.0. The highest BCUT2D eigenvalue weighted by atomic mass is 79.9. The fourth-order valence-corrected chi connectivity index (χ4v) is 2.01. The van der Waals surface area contributed by atoms with Gasteiger partial charge in [-0.25, -0.2) is 0 Å². The van der Waals surface area contributed by atoms with Crippen molar-refractivity contribution >= 4 is 15.9 Å². The molecule has 1 rings (SSSR count). The number of hydrogen-bond donors (Lipinski definition) is 2. The largest absolute Gasteiger partial charge is 0.506 e. The molecule has 1 aromatic rings. The summed E-state index contributed by atoms with van der Waals surface area (Å²) < 4.78 is 37.2. The van der Waals surface area contributed by atoms with Crippen LogP contribution in [0.4, 0.5) is 13.2 Å². The van der Waals surface area contributed by atoms with E-state index in [9.17, 15) is 18.3 Å². The van der Waals surface area contributed by atoms with Gasteiger partial charge in [0.15, 0.2) is 6.10 Å². The first kappa shape index (κ1) is 14.3. The summed E-state index contributed by atoms with van der Waals surface area (Å²) in [5.74, 6) is -0.0787. The molecule has 0 aliphatic heterocycles. The number of benzene rings is 1. The van der Waals surface area contributed by atoms with E-state index in [0.29, 0.717) is 18.4 Å². The Morgan fingerprint density at radius 3 is 2.41 bits per heavy atom. The van der Waals surface area contributed by atoms with Crippen molar-refractivity contribution in [3.8, 4) is 5.75 Å². The molecule has 0 bridgehead atoms. The predicted molar refractivity (Wildman–Crippen MR) is 60.8 cm³/mol. The summed E-state index contributed by atoms with van der Waals surface area (Å²) in [6.07, 6.45) is -6.11. The summed E-state index contributed by atoms with van der Waals surface area (Å²) >= 11 is 2.97. The van der Waals surface area contributed by atoms with Crippen molar-refractivity contribution in [3.05, 3.63) is 27.7 Å². The minimum atomic E-state index is -4.71. The Bertz CT molecular complexity index is 404. The summed E-state index contributed by atoms with van der Waals surface area (Å²) in [7, 11) is 0. The Labute approximate surface area is 105 Å². The zero-order valence-corrected chi connectivity index (χ0v) is 10.6. The second-order valence-corrected chi connectivity index (χ2v) is 4.56. The Kier molecular flexibility index (Phi) is 4.43. The average molecular weight is 313 g/mol. The summed E-state index contributed by atoms with van der Waals surface area (Å²) in [4.78, 5) is 0. The molecule has 0 amide bonds. The van der Waals surface area contributed by atoms with Crippen molar-refractivity contribution in [2.75, 3.05) is 0 Å². The smallest absolute Gasteiger partial charge is 0.418 e. The van der Waals surface area contributed by atoms with Gasteiger partial charge in [-0.05, 0) is 45.6 Å². The van der Waals surface area contributed by atoms with E-state index < -0.39 is 12.3 Å². The molecule has 0 saturated carbocycles. The molecule has 96 valence electrons. The first-order valence-corrected chi connectivity index (χ1v) is 5.82. The zero-order valence-electron chi connectivity index (χ0n) is 9.05. The van der Waals surface area contributed by atoms with Crippen molar-refractivity contribution in [1.82, 2.24) is 0 Å². The number of halogens is 4. The number of aliphatic hydroxyl groups is 1. The van der Waals surface area contributed by atoms with Crippen LogP contribution in [0.2, 0.25) is 0 Å². The van der Waals surface area contributed by atoms with Crippen molar-refractivity contribution in [2.45, 2.75) is 32.0 Å². The van der Waals surface area contributed by atoms with Crippen LogP contribution in [0, 0.1) is 0 Å². The van der Waals surface area contributed by atoms with Gasteiger partial charge in [-0.3, -0.25) is 0 Å². The first-order valence-electron chi connectivity index (χ1n) is 5.03. The van der Waals surface area contributed by atoms with Crippen molar-refractivity contribution in [3.63, 3.8) is 0 Å². The van der Waals surface area contributed by atoms with E-state index in [2.05, 4.69) is 15.9 Å². The normalized spacial score (nSPS) is 13.8. The fourth-order valence-electron chi connectivity index (χ4n) is 1.49. The maximum atomic E-state index is 12.4. The van der Waals surface area contributed by atoms with Crippen molar-refractivity contribution in [1.29, 1.82) is 0 Å². The minimum Gasteiger partial charge on any atom is -0.506 e. The van der Waals surface area contributed by atoms with Gasteiger partial charge in [-0.2, -0.15) is 13.2 Å². The molecule has 0 aromatic heterocycles. The van der Waals surface area contributed by atoms with Gasteiger partial charge in [-0.1, -0.05) is 13.3 Å². The minimum absolute atomic E-state index is 0.0787. The predicted octanol–water partition coefficient (Wildman–Crippen LogP) is 3.70. The van der Waals surface area contributed by atoms with E-state index in [0.717, 1.165) is 6.07 Å². The lowest BCUT2D eigenvalue weighted by molar-refractivity contribution is -0.206. The third kappa shape index (κ3) is 3.35. The van der Waals surface area contributed by atoms with Gasteiger partial charge in [0.05, 0.1) is 4.47 Å². The highest BCUT2D eigenvalue weighted by Crippen LogP contribution is 2.37. The number of aliphatic hydroxyl groups excluding tert-OH is 1. The molecular weight excluding hydrogens is 301 g/mol. The van der Waals surface area contributed by atoms with Crippen LogP contribution in [0.5, 0.6) is 5.75 Å². The van der Waals surface area contributed by atoms with Gasteiger partial charge in [-0.15, -0.1) is 0 Å². The van der Waals surface area contributed by atoms with Crippen LogP contribution in [-0.4, -0.2) is 16.4 Å². The van der Waals surface area contributed by atoms with Crippen LogP contribution in [0.25, 0.3) is 0 Å². The molecule has 2 nitrogen and oxygen atoms in total. The third-order valence-electron chi connectivity index (χ3n) is 2.31. The van der Waals surface area contributed by atoms with Crippen LogP contribution in [0.15, 0.2) is 16.6 Å². The lowest BCUT2D eigenvalue weighted by Gasteiger charge is -2.17. The lowest BCUT2D eigenvalue weighted by Crippen LogP contribution is -2.20. The molecule has 0 aliphatic carbocycles. The monoisotopic (exact) mass is 312 g/mol. The van der Waals surface area contributed by atoms with Gasteiger partial charge >= 0.3 is 6.18 Å². The second kappa shape index (κ2) is 5.27. The number of aryl methyl sites for hydroxylation is 1. The third-order valence-corrected chi connectivity index (χ3v) is 2.91. The Balaban J connectivity index is 3.18. The number of phenols is 1. The molecule has 0 saturated heterocycles. The van der Waals surface area contributed by atoms with E-state index in [1.165, 1.54) is 6.07 Å². The quantitative estimate of drug-likeness (QED) is 0.893. The van der Waals surface area contributed by atoms with E-state index in [1.54, 1.807) is 0 Å². The van der Waals surface area contributed by atoms with E-state index in [-0.39, 0.29) is 15.8 Å². The molecule has 0 spiro atoms. The van der Waals surface area contributed by atoms with Crippen LogP contribution < -0.4 is 0 Å². The summed E-state index contributed by atoms with van der Waals surface area (Å²) in [5.41, 5.74) is 0.116.